The van der Waals surface area contributed by atoms with Crippen LogP contribution in [0.4, 0.5) is 5.95 Å². The van der Waals surface area contributed by atoms with E-state index in [0.29, 0.717) is 29.2 Å². The number of hydrogen-bond donors (Lipinski definition) is 1. The summed E-state index contributed by atoms with van der Waals surface area (Å²) in [6, 6.07) is 7.63. The number of hydrogen-bond acceptors (Lipinski definition) is 8. The predicted molar refractivity (Wildman–Crippen MR) is 110 cm³/mol. The van der Waals surface area contributed by atoms with Crippen molar-refractivity contribution in [3.05, 3.63) is 42.4 Å². The molecule has 1 unspecified atom stereocenters. The summed E-state index contributed by atoms with van der Waals surface area (Å²) < 4.78 is 14.9. The van der Waals surface area contributed by atoms with Gasteiger partial charge < -0.3 is 15.2 Å². The number of ether oxygens (including phenoxy) is 2. The molecule has 2 N–H and O–H groups in total. The van der Waals surface area contributed by atoms with E-state index >= 15 is 0 Å². The first-order valence-electron chi connectivity index (χ1n) is 9.84. The van der Waals surface area contributed by atoms with Crippen LogP contribution >= 0.6 is 0 Å². The Labute approximate surface area is 172 Å². The van der Waals surface area contributed by atoms with Crippen LogP contribution in [0.25, 0.3) is 22.3 Å². The van der Waals surface area contributed by atoms with Gasteiger partial charge in [0.2, 0.25) is 5.95 Å². The summed E-state index contributed by atoms with van der Waals surface area (Å²) in [4.78, 5) is 8.73. The van der Waals surface area contributed by atoms with E-state index < -0.39 is 0 Å². The summed E-state index contributed by atoms with van der Waals surface area (Å²) in [6.07, 6.45) is 6.05. The molecule has 1 aliphatic rings. The average Bonchev–Trinajstić information content (AvgIpc) is 3.51. The summed E-state index contributed by atoms with van der Waals surface area (Å²) in [5.74, 6) is 0.791. The number of nitrogens with zero attached hydrogens (tertiary/aromatic N) is 7. The van der Waals surface area contributed by atoms with E-state index in [2.05, 4.69) is 25.4 Å². The summed E-state index contributed by atoms with van der Waals surface area (Å²) in [5.41, 5.74) is 8.87. The third-order valence-electron chi connectivity index (χ3n) is 5.24. The Morgan fingerprint density at radius 2 is 2.20 bits per heavy atom. The van der Waals surface area contributed by atoms with Gasteiger partial charge in [-0.15, -0.1) is 5.10 Å². The monoisotopic (exact) mass is 406 g/mol. The van der Waals surface area contributed by atoms with E-state index in [1.165, 1.54) is 0 Å². The zero-order valence-electron chi connectivity index (χ0n) is 16.6. The smallest absolute Gasteiger partial charge is 0.221 e. The molecule has 1 aromatic carbocycles. The van der Waals surface area contributed by atoms with Gasteiger partial charge in [-0.3, -0.25) is 4.68 Å². The number of benzene rings is 1. The SMILES string of the molecule is COc1cccc2c(-c3cn(Cc4ccnn4CC4CCCO4)nn3)nc(N)nc12. The second-order valence-electron chi connectivity index (χ2n) is 7.23. The lowest BCUT2D eigenvalue weighted by molar-refractivity contribution is 0.0931. The van der Waals surface area contributed by atoms with Crippen LogP contribution in [0, 0.1) is 0 Å². The standard InChI is InChI=1S/C20H22N8O2/c1-29-17-6-2-5-15-18(23-20(21)24-19(15)17)16-12-27(26-25-16)10-13-7-8-22-28(13)11-14-4-3-9-30-14/h2,5-8,12,14H,3-4,9-11H2,1H3,(H2,21,23,24). The van der Waals surface area contributed by atoms with E-state index in [1.54, 1.807) is 18.0 Å². The van der Waals surface area contributed by atoms with E-state index in [-0.39, 0.29) is 12.1 Å². The maximum Gasteiger partial charge on any atom is 0.221 e. The predicted octanol–water partition coefficient (Wildman–Crippen LogP) is 1.90. The van der Waals surface area contributed by atoms with E-state index in [9.17, 15) is 0 Å². The number of fused-ring (bicyclic) bond motifs is 1. The number of nitrogens with two attached hydrogens (primary N) is 1. The van der Waals surface area contributed by atoms with Crippen LogP contribution in [0.15, 0.2) is 36.7 Å². The average molecular weight is 406 g/mol. The minimum absolute atomic E-state index is 0.159. The largest absolute Gasteiger partial charge is 0.494 e. The van der Waals surface area contributed by atoms with E-state index in [4.69, 9.17) is 15.2 Å². The number of nitrogen functional groups attached to an aromatic ring is 1. The van der Waals surface area contributed by atoms with Crippen molar-refractivity contribution >= 4 is 16.9 Å². The lowest BCUT2D eigenvalue weighted by atomic mass is 10.1. The van der Waals surface area contributed by atoms with Gasteiger partial charge >= 0.3 is 0 Å². The molecule has 0 spiro atoms. The lowest BCUT2D eigenvalue weighted by Gasteiger charge is -2.12. The van der Waals surface area contributed by atoms with Crippen molar-refractivity contribution in [1.82, 2.24) is 34.7 Å². The lowest BCUT2D eigenvalue weighted by Crippen LogP contribution is -2.19. The number of methoxy groups -OCH3 is 1. The van der Waals surface area contributed by atoms with Crippen molar-refractivity contribution in [2.75, 3.05) is 19.5 Å². The summed E-state index contributed by atoms with van der Waals surface area (Å²) in [6.45, 7) is 2.12. The van der Waals surface area contributed by atoms with Crippen molar-refractivity contribution in [3.8, 4) is 17.1 Å². The summed E-state index contributed by atoms with van der Waals surface area (Å²) in [5, 5.41) is 13.8. The summed E-state index contributed by atoms with van der Waals surface area (Å²) in [7, 11) is 1.60. The topological polar surface area (TPSA) is 119 Å². The molecular formula is C20H22N8O2. The second-order valence-corrected chi connectivity index (χ2v) is 7.23. The number of para-hydroxylation sites is 1. The van der Waals surface area contributed by atoms with Crippen LogP contribution in [0.2, 0.25) is 0 Å². The van der Waals surface area contributed by atoms with Crippen LogP contribution < -0.4 is 10.5 Å². The Bertz CT molecular complexity index is 1180. The van der Waals surface area contributed by atoms with Gasteiger partial charge in [0.05, 0.1) is 38.2 Å². The maximum absolute atomic E-state index is 5.94. The highest BCUT2D eigenvalue weighted by molar-refractivity contribution is 5.95. The molecule has 1 fully saturated rings. The molecule has 0 saturated carbocycles. The molecule has 1 saturated heterocycles. The van der Waals surface area contributed by atoms with Crippen molar-refractivity contribution in [3.63, 3.8) is 0 Å². The molecule has 0 radical (unpaired) electrons. The molecule has 30 heavy (non-hydrogen) atoms. The van der Waals surface area contributed by atoms with Gasteiger partial charge in [0.1, 0.15) is 22.7 Å². The van der Waals surface area contributed by atoms with Crippen LogP contribution in [0.5, 0.6) is 5.75 Å². The first-order valence-corrected chi connectivity index (χ1v) is 9.84. The molecule has 4 heterocycles. The third kappa shape index (κ3) is 3.45. The Balaban J connectivity index is 1.44. The van der Waals surface area contributed by atoms with Crippen LogP contribution in [-0.4, -0.2) is 54.6 Å². The van der Waals surface area contributed by atoms with E-state index in [0.717, 1.165) is 37.1 Å². The molecule has 3 aromatic heterocycles. The van der Waals surface area contributed by atoms with Gasteiger partial charge in [-0.1, -0.05) is 17.3 Å². The van der Waals surface area contributed by atoms with Crippen molar-refractivity contribution < 1.29 is 9.47 Å². The zero-order chi connectivity index (χ0) is 20.5. The first kappa shape index (κ1) is 18.5. The zero-order valence-corrected chi connectivity index (χ0v) is 16.6. The fourth-order valence-corrected chi connectivity index (χ4v) is 3.79. The molecule has 10 nitrogen and oxygen atoms in total. The van der Waals surface area contributed by atoms with Gasteiger partial charge in [0.15, 0.2) is 0 Å². The van der Waals surface area contributed by atoms with Crippen molar-refractivity contribution in [1.29, 1.82) is 0 Å². The van der Waals surface area contributed by atoms with Crippen molar-refractivity contribution in [2.24, 2.45) is 0 Å². The van der Waals surface area contributed by atoms with Crippen LogP contribution in [-0.2, 0) is 17.8 Å². The Morgan fingerprint density at radius 3 is 3.03 bits per heavy atom. The molecule has 154 valence electrons. The molecule has 10 heteroatoms. The number of rotatable bonds is 6. The van der Waals surface area contributed by atoms with Crippen LogP contribution in [0.1, 0.15) is 18.5 Å². The molecule has 4 aromatic rings. The molecule has 5 rings (SSSR count). The van der Waals surface area contributed by atoms with Gasteiger partial charge in [-0.2, -0.15) is 5.10 Å². The van der Waals surface area contributed by atoms with Crippen LogP contribution in [0.3, 0.4) is 0 Å². The highest BCUT2D eigenvalue weighted by Crippen LogP contribution is 2.30. The second kappa shape index (κ2) is 7.71. The Morgan fingerprint density at radius 1 is 1.27 bits per heavy atom. The summed E-state index contributed by atoms with van der Waals surface area (Å²) >= 11 is 0. The van der Waals surface area contributed by atoms with Gasteiger partial charge in [-0.25, -0.2) is 14.6 Å². The van der Waals surface area contributed by atoms with Gasteiger partial charge in [-0.05, 0) is 25.0 Å². The fourth-order valence-electron chi connectivity index (χ4n) is 3.79. The normalized spacial score (nSPS) is 16.4. The van der Waals surface area contributed by atoms with E-state index in [1.807, 2.05) is 35.1 Å². The Hall–Kier alpha value is -3.53. The molecular weight excluding hydrogens is 384 g/mol. The Kier molecular flexibility index (Phi) is 4.75. The molecule has 1 aliphatic heterocycles. The molecule has 0 amide bonds. The third-order valence-corrected chi connectivity index (χ3v) is 5.24. The molecule has 0 aliphatic carbocycles. The van der Waals surface area contributed by atoms with Gasteiger partial charge in [0.25, 0.3) is 0 Å². The quantitative estimate of drug-likeness (QED) is 0.516. The molecule has 1 atom stereocenters. The first-order chi connectivity index (χ1) is 14.7. The molecule has 0 bridgehead atoms. The minimum atomic E-state index is 0.159. The highest BCUT2D eigenvalue weighted by atomic mass is 16.5. The minimum Gasteiger partial charge on any atom is -0.494 e. The maximum atomic E-state index is 5.94. The highest BCUT2D eigenvalue weighted by Gasteiger charge is 2.19. The number of anilines is 1. The fraction of sp³-hybridized carbons (Fsp3) is 0.350. The van der Waals surface area contributed by atoms with Gasteiger partial charge in [0, 0.05) is 18.2 Å². The van der Waals surface area contributed by atoms with Crippen molar-refractivity contribution in [2.45, 2.75) is 32.0 Å². The number of aromatic nitrogens is 7.